The minimum absolute atomic E-state index is 0.337. The molecule has 0 aliphatic heterocycles. The number of esters is 1. The number of hydrogen-bond donors (Lipinski definition) is 0. The van der Waals surface area contributed by atoms with Crippen molar-refractivity contribution in [3.8, 4) is 0 Å². The summed E-state index contributed by atoms with van der Waals surface area (Å²) in [6.07, 6.45) is 3.61. The van der Waals surface area contributed by atoms with E-state index < -0.39 is 0 Å². The summed E-state index contributed by atoms with van der Waals surface area (Å²) in [6, 6.07) is 1.65. The minimum Gasteiger partial charge on any atom is -0.462 e. The van der Waals surface area contributed by atoms with Gasteiger partial charge in [-0.3, -0.25) is 0 Å². The molecule has 2 aromatic heterocycles. The summed E-state index contributed by atoms with van der Waals surface area (Å²) >= 11 is 12.3. The van der Waals surface area contributed by atoms with Gasteiger partial charge in [0.05, 0.1) is 28.9 Å². The Morgan fingerprint density at radius 1 is 1.53 bits per heavy atom. The van der Waals surface area contributed by atoms with Gasteiger partial charge in [0.15, 0.2) is 0 Å². The number of aromatic nitrogens is 2. The number of rotatable bonds is 3. The molecule has 0 radical (unpaired) electrons. The molecule has 1 fully saturated rings. The van der Waals surface area contributed by atoms with Crippen LogP contribution in [0.1, 0.15) is 41.6 Å². The molecule has 1 aliphatic carbocycles. The van der Waals surface area contributed by atoms with Gasteiger partial charge >= 0.3 is 5.97 Å². The van der Waals surface area contributed by atoms with Crippen molar-refractivity contribution in [3.63, 3.8) is 0 Å². The predicted octanol–water partition coefficient (Wildman–Crippen LogP) is 3.70. The van der Waals surface area contributed by atoms with Crippen LogP contribution in [0.4, 0.5) is 0 Å². The zero-order valence-corrected chi connectivity index (χ0v) is 11.8. The number of ether oxygens (including phenoxy) is 1. The van der Waals surface area contributed by atoms with E-state index >= 15 is 0 Å². The molecule has 3 rings (SSSR count). The van der Waals surface area contributed by atoms with Crippen molar-refractivity contribution in [2.75, 3.05) is 6.61 Å². The van der Waals surface area contributed by atoms with Crippen molar-refractivity contribution in [1.29, 1.82) is 0 Å². The number of fused-ring (bicyclic) bond motifs is 1. The number of carbonyl (C=O) groups is 1. The molecular formula is C13H12Cl2N2O2. The Morgan fingerprint density at radius 2 is 2.26 bits per heavy atom. The van der Waals surface area contributed by atoms with Crippen molar-refractivity contribution >= 4 is 34.7 Å². The van der Waals surface area contributed by atoms with E-state index in [-0.39, 0.29) is 5.97 Å². The molecule has 0 bridgehead atoms. The highest BCUT2D eigenvalue weighted by Gasteiger charge is 2.32. The summed E-state index contributed by atoms with van der Waals surface area (Å²) in [4.78, 5) is 12.0. The van der Waals surface area contributed by atoms with Gasteiger partial charge in [-0.15, -0.1) is 0 Å². The normalized spacial score (nSPS) is 14.9. The summed E-state index contributed by atoms with van der Waals surface area (Å²) in [6.45, 7) is 2.12. The van der Waals surface area contributed by atoms with E-state index in [1.165, 1.54) is 6.20 Å². The van der Waals surface area contributed by atoms with Gasteiger partial charge in [-0.1, -0.05) is 23.2 Å². The van der Waals surface area contributed by atoms with Gasteiger partial charge in [0.25, 0.3) is 0 Å². The molecule has 0 atom stereocenters. The highest BCUT2D eigenvalue weighted by molar-refractivity contribution is 6.37. The van der Waals surface area contributed by atoms with E-state index in [9.17, 15) is 4.79 Å². The molecule has 2 aromatic rings. The molecule has 0 saturated heterocycles. The first-order valence-electron chi connectivity index (χ1n) is 6.16. The minimum atomic E-state index is -0.354. The zero-order chi connectivity index (χ0) is 13.6. The van der Waals surface area contributed by atoms with Crippen LogP contribution < -0.4 is 0 Å². The monoisotopic (exact) mass is 298 g/mol. The summed E-state index contributed by atoms with van der Waals surface area (Å²) in [5.41, 5.74) is 2.12. The van der Waals surface area contributed by atoms with Crippen LogP contribution in [-0.4, -0.2) is 22.2 Å². The van der Waals surface area contributed by atoms with Crippen molar-refractivity contribution in [2.24, 2.45) is 0 Å². The van der Waals surface area contributed by atoms with Gasteiger partial charge in [-0.25, -0.2) is 9.31 Å². The third-order valence-corrected chi connectivity index (χ3v) is 3.77. The van der Waals surface area contributed by atoms with Crippen LogP contribution in [0.3, 0.4) is 0 Å². The third-order valence-electron chi connectivity index (χ3n) is 3.21. The van der Waals surface area contributed by atoms with Crippen molar-refractivity contribution in [1.82, 2.24) is 9.61 Å². The molecule has 0 N–H and O–H groups in total. The fourth-order valence-electron chi connectivity index (χ4n) is 2.27. The standard InChI is InChI=1S/C13H12Cl2N2O2/c1-2-19-13(18)8-6-16-17-10(15)5-9(14)12(17)11(8)7-3-4-7/h5-7H,2-4H2,1H3. The summed E-state index contributed by atoms with van der Waals surface area (Å²) < 4.78 is 6.65. The summed E-state index contributed by atoms with van der Waals surface area (Å²) in [5, 5.41) is 5.14. The second-order valence-electron chi connectivity index (χ2n) is 4.54. The van der Waals surface area contributed by atoms with E-state index in [2.05, 4.69) is 5.10 Å². The smallest absolute Gasteiger partial charge is 0.340 e. The van der Waals surface area contributed by atoms with Crippen LogP contribution >= 0.6 is 23.2 Å². The van der Waals surface area contributed by atoms with Crippen LogP contribution in [0.15, 0.2) is 12.3 Å². The molecule has 1 saturated carbocycles. The van der Waals surface area contributed by atoms with Gasteiger partial charge < -0.3 is 4.74 Å². The highest BCUT2D eigenvalue weighted by Crippen LogP contribution is 2.45. The van der Waals surface area contributed by atoms with E-state index in [1.54, 1.807) is 17.5 Å². The molecule has 100 valence electrons. The maximum atomic E-state index is 12.0. The lowest BCUT2D eigenvalue weighted by Gasteiger charge is -2.10. The molecule has 4 nitrogen and oxygen atoms in total. The van der Waals surface area contributed by atoms with E-state index in [1.807, 2.05) is 0 Å². The maximum Gasteiger partial charge on any atom is 0.340 e. The number of hydrogen-bond acceptors (Lipinski definition) is 3. The second-order valence-corrected chi connectivity index (χ2v) is 5.34. The molecule has 19 heavy (non-hydrogen) atoms. The molecule has 0 unspecified atom stereocenters. The van der Waals surface area contributed by atoms with Crippen LogP contribution in [0.2, 0.25) is 10.2 Å². The molecule has 0 aromatic carbocycles. The van der Waals surface area contributed by atoms with Gasteiger partial charge in [0, 0.05) is 0 Å². The Bertz CT molecular complexity index is 662. The first-order valence-corrected chi connectivity index (χ1v) is 6.91. The topological polar surface area (TPSA) is 43.6 Å². The highest BCUT2D eigenvalue weighted by atomic mass is 35.5. The fraction of sp³-hybridized carbons (Fsp3) is 0.385. The second kappa shape index (κ2) is 4.69. The van der Waals surface area contributed by atoms with Crippen molar-refractivity contribution in [2.45, 2.75) is 25.7 Å². The Hall–Kier alpha value is -1.26. The fourth-order valence-corrected chi connectivity index (χ4v) is 2.85. The molecule has 2 heterocycles. The van der Waals surface area contributed by atoms with Crippen LogP contribution in [0.25, 0.3) is 5.52 Å². The van der Waals surface area contributed by atoms with Gasteiger partial charge in [-0.05, 0) is 37.3 Å². The summed E-state index contributed by atoms with van der Waals surface area (Å²) in [5.74, 6) is -0.0128. The SMILES string of the molecule is CCOC(=O)c1cnn2c(Cl)cc(Cl)c2c1C1CC1. The third kappa shape index (κ3) is 2.09. The van der Waals surface area contributed by atoms with Crippen LogP contribution in [0, 0.1) is 0 Å². The first kappa shape index (κ1) is 12.8. The number of carbonyl (C=O) groups excluding carboxylic acids is 1. The molecule has 6 heteroatoms. The van der Waals surface area contributed by atoms with Crippen LogP contribution in [-0.2, 0) is 4.74 Å². The average molecular weight is 299 g/mol. The first-order chi connectivity index (χ1) is 9.13. The van der Waals surface area contributed by atoms with E-state index in [0.29, 0.717) is 28.3 Å². The molecule has 0 spiro atoms. The van der Waals surface area contributed by atoms with Gasteiger partial charge in [-0.2, -0.15) is 5.10 Å². The molecule has 0 amide bonds. The largest absolute Gasteiger partial charge is 0.462 e. The van der Waals surface area contributed by atoms with Gasteiger partial charge in [0.1, 0.15) is 5.15 Å². The molecule has 1 aliphatic rings. The summed E-state index contributed by atoms with van der Waals surface area (Å²) in [7, 11) is 0. The lowest BCUT2D eigenvalue weighted by atomic mass is 10.1. The Balaban J connectivity index is 2.25. The predicted molar refractivity (Wildman–Crippen MR) is 73.1 cm³/mol. The number of nitrogens with zero attached hydrogens (tertiary/aromatic N) is 2. The Kier molecular flexibility index (Phi) is 3.15. The Labute approximate surface area is 120 Å². The lowest BCUT2D eigenvalue weighted by molar-refractivity contribution is 0.0524. The average Bonchev–Trinajstić information content (AvgIpc) is 3.17. The van der Waals surface area contributed by atoms with E-state index in [4.69, 9.17) is 27.9 Å². The number of halogens is 2. The van der Waals surface area contributed by atoms with Gasteiger partial charge in [0.2, 0.25) is 0 Å². The van der Waals surface area contributed by atoms with Crippen molar-refractivity contribution < 1.29 is 9.53 Å². The molecular weight excluding hydrogens is 287 g/mol. The quantitative estimate of drug-likeness (QED) is 0.812. The lowest BCUT2D eigenvalue weighted by Crippen LogP contribution is -2.11. The maximum absolute atomic E-state index is 12.0. The van der Waals surface area contributed by atoms with E-state index in [0.717, 1.165) is 23.9 Å². The Morgan fingerprint density at radius 3 is 2.89 bits per heavy atom. The van der Waals surface area contributed by atoms with Crippen LogP contribution in [0.5, 0.6) is 0 Å². The van der Waals surface area contributed by atoms with Crippen molar-refractivity contribution in [3.05, 3.63) is 33.6 Å². The zero-order valence-electron chi connectivity index (χ0n) is 10.3.